The van der Waals surface area contributed by atoms with E-state index >= 15 is 0 Å². The highest BCUT2D eigenvalue weighted by atomic mass is 32.1. The number of hydrogen-bond donors (Lipinski definition) is 3. The fourth-order valence-corrected chi connectivity index (χ4v) is 3.86. The van der Waals surface area contributed by atoms with Crippen molar-refractivity contribution in [2.45, 2.75) is 26.7 Å². The molecule has 0 radical (unpaired) electrons. The van der Waals surface area contributed by atoms with E-state index in [-0.39, 0.29) is 22.7 Å². The first-order chi connectivity index (χ1) is 17.3. The van der Waals surface area contributed by atoms with Crippen LogP contribution in [0.4, 0.5) is 11.4 Å². The second-order valence-electron chi connectivity index (χ2n) is 8.73. The molecule has 6 nitrogen and oxygen atoms in total. The first-order valence-corrected chi connectivity index (χ1v) is 12.0. The lowest BCUT2D eigenvalue weighted by Gasteiger charge is -2.12. The Bertz CT molecular complexity index is 1420. The Morgan fingerprint density at radius 3 is 2.39 bits per heavy atom. The van der Waals surface area contributed by atoms with Crippen LogP contribution in [0.1, 0.15) is 47.0 Å². The zero-order chi connectivity index (χ0) is 25.7. The number of nitrogens with one attached hydrogen (secondary N) is 3. The van der Waals surface area contributed by atoms with Crippen molar-refractivity contribution < 1.29 is 14.0 Å². The summed E-state index contributed by atoms with van der Waals surface area (Å²) in [6.07, 6.45) is 3.19. The molecule has 0 saturated heterocycles. The molecule has 0 unspecified atom stereocenters. The summed E-state index contributed by atoms with van der Waals surface area (Å²) >= 11 is 5.27. The lowest BCUT2D eigenvalue weighted by Crippen LogP contribution is -2.32. The molecular formula is C29H27N3O3S. The molecule has 36 heavy (non-hydrogen) atoms. The van der Waals surface area contributed by atoms with Crippen molar-refractivity contribution in [3.8, 4) is 0 Å². The molecule has 1 aromatic heterocycles. The molecule has 7 heteroatoms. The van der Waals surface area contributed by atoms with Crippen molar-refractivity contribution in [2.75, 3.05) is 10.6 Å². The molecule has 4 rings (SSSR count). The molecule has 3 aromatic carbocycles. The van der Waals surface area contributed by atoms with Crippen LogP contribution < -0.4 is 16.0 Å². The summed E-state index contributed by atoms with van der Waals surface area (Å²) in [6, 6.07) is 22.6. The second-order valence-corrected chi connectivity index (χ2v) is 9.14. The number of para-hydroxylation sites is 1. The summed E-state index contributed by atoms with van der Waals surface area (Å²) in [7, 11) is 0. The Morgan fingerprint density at radius 2 is 1.69 bits per heavy atom. The van der Waals surface area contributed by atoms with E-state index < -0.39 is 0 Å². The van der Waals surface area contributed by atoms with Crippen LogP contribution in [0.5, 0.6) is 0 Å². The number of aryl methyl sites for hydroxylation is 1. The lowest BCUT2D eigenvalue weighted by molar-refractivity contribution is -0.115. The number of carbonyl (C=O) groups excluding carboxylic acids is 2. The van der Waals surface area contributed by atoms with Gasteiger partial charge in [0.15, 0.2) is 10.9 Å². The zero-order valence-electron chi connectivity index (χ0n) is 20.3. The van der Waals surface area contributed by atoms with Gasteiger partial charge in [0, 0.05) is 22.8 Å². The Labute approximate surface area is 215 Å². The minimum Gasteiger partial charge on any atom is -0.451 e. The van der Waals surface area contributed by atoms with Crippen molar-refractivity contribution in [1.29, 1.82) is 0 Å². The van der Waals surface area contributed by atoms with E-state index in [0.29, 0.717) is 22.9 Å². The van der Waals surface area contributed by atoms with E-state index in [4.69, 9.17) is 16.6 Å². The van der Waals surface area contributed by atoms with Crippen molar-refractivity contribution >= 4 is 57.6 Å². The molecule has 2 amide bonds. The number of hydrogen-bond acceptors (Lipinski definition) is 4. The number of fused-ring (bicyclic) bond motifs is 1. The molecule has 1 heterocycles. The van der Waals surface area contributed by atoms with Crippen LogP contribution in [0.25, 0.3) is 17.0 Å². The molecule has 0 atom stereocenters. The first kappa shape index (κ1) is 24.9. The van der Waals surface area contributed by atoms with E-state index in [1.807, 2.05) is 49.4 Å². The molecule has 0 aliphatic carbocycles. The van der Waals surface area contributed by atoms with Crippen LogP contribution in [-0.4, -0.2) is 16.9 Å². The molecule has 0 fully saturated rings. The predicted molar refractivity (Wildman–Crippen MR) is 149 cm³/mol. The van der Waals surface area contributed by atoms with Gasteiger partial charge in [0.25, 0.3) is 5.91 Å². The van der Waals surface area contributed by atoms with Crippen molar-refractivity contribution in [3.63, 3.8) is 0 Å². The van der Waals surface area contributed by atoms with Gasteiger partial charge in [-0.3, -0.25) is 14.9 Å². The maximum Gasteiger partial charge on any atom is 0.291 e. The highest BCUT2D eigenvalue weighted by Crippen LogP contribution is 2.23. The fraction of sp³-hybridized carbons (Fsp3) is 0.138. The smallest absolute Gasteiger partial charge is 0.291 e. The summed E-state index contributed by atoms with van der Waals surface area (Å²) in [5.41, 5.74) is 5.00. The Balaban J connectivity index is 1.32. The Morgan fingerprint density at radius 1 is 0.944 bits per heavy atom. The molecule has 0 spiro atoms. The molecule has 0 bridgehead atoms. The summed E-state index contributed by atoms with van der Waals surface area (Å²) < 4.78 is 5.63. The SMILES string of the molecule is Cc1cc(NC(=S)NC(=O)/C=C/c2ccc(C(C)C)cc2)ccc1NC(=O)c1cc2ccccc2o1. The average Bonchev–Trinajstić information content (AvgIpc) is 3.29. The van der Waals surface area contributed by atoms with Gasteiger partial charge in [-0.2, -0.15) is 0 Å². The van der Waals surface area contributed by atoms with Gasteiger partial charge in [-0.05, 0) is 78.2 Å². The number of amides is 2. The van der Waals surface area contributed by atoms with Gasteiger partial charge >= 0.3 is 0 Å². The average molecular weight is 498 g/mol. The van der Waals surface area contributed by atoms with Gasteiger partial charge in [-0.1, -0.05) is 56.3 Å². The molecular weight excluding hydrogens is 470 g/mol. The van der Waals surface area contributed by atoms with Gasteiger partial charge in [-0.15, -0.1) is 0 Å². The maximum atomic E-state index is 12.6. The van der Waals surface area contributed by atoms with Crippen molar-refractivity contribution in [1.82, 2.24) is 5.32 Å². The van der Waals surface area contributed by atoms with Gasteiger partial charge in [0.05, 0.1) is 0 Å². The highest BCUT2D eigenvalue weighted by molar-refractivity contribution is 7.80. The number of rotatable bonds is 6. The van der Waals surface area contributed by atoms with Crippen molar-refractivity contribution in [3.05, 3.63) is 101 Å². The summed E-state index contributed by atoms with van der Waals surface area (Å²) in [6.45, 7) is 6.15. The standard InChI is InChI=1S/C29H27N3O3S/c1-18(2)21-11-8-20(9-12-21)10-15-27(33)32-29(36)30-23-13-14-24(19(3)16-23)31-28(34)26-17-22-6-4-5-7-25(22)35-26/h4-18H,1-3H3,(H,31,34)(H2,30,32,33,36)/b15-10+. The maximum absolute atomic E-state index is 12.6. The summed E-state index contributed by atoms with van der Waals surface area (Å²) in [5.74, 6) is 0.0428. The van der Waals surface area contributed by atoms with Crippen LogP contribution in [-0.2, 0) is 4.79 Å². The number of anilines is 2. The number of benzene rings is 3. The van der Waals surface area contributed by atoms with Gasteiger partial charge in [-0.25, -0.2) is 0 Å². The second kappa shape index (κ2) is 11.0. The van der Waals surface area contributed by atoms with Crippen LogP contribution in [0.15, 0.2) is 83.3 Å². The van der Waals surface area contributed by atoms with Crippen LogP contribution >= 0.6 is 12.2 Å². The van der Waals surface area contributed by atoms with Gasteiger partial charge in [0.2, 0.25) is 5.91 Å². The molecule has 0 aliphatic rings. The number of furan rings is 1. The van der Waals surface area contributed by atoms with E-state index in [2.05, 4.69) is 41.9 Å². The predicted octanol–water partition coefficient (Wildman–Crippen LogP) is 6.64. The number of thiocarbonyl (C=S) groups is 1. The first-order valence-electron chi connectivity index (χ1n) is 11.6. The molecule has 3 N–H and O–H groups in total. The van der Waals surface area contributed by atoms with Crippen molar-refractivity contribution in [2.24, 2.45) is 0 Å². The van der Waals surface area contributed by atoms with Crippen LogP contribution in [0.3, 0.4) is 0 Å². The summed E-state index contributed by atoms with van der Waals surface area (Å²) in [5, 5.41) is 9.55. The third kappa shape index (κ3) is 6.25. The highest BCUT2D eigenvalue weighted by Gasteiger charge is 2.14. The Kier molecular flexibility index (Phi) is 7.61. The monoisotopic (exact) mass is 497 g/mol. The topological polar surface area (TPSA) is 83.4 Å². The lowest BCUT2D eigenvalue weighted by atomic mass is 10.0. The third-order valence-corrected chi connectivity index (χ3v) is 5.85. The van der Waals surface area contributed by atoms with E-state index in [1.54, 1.807) is 24.3 Å². The normalized spacial score (nSPS) is 11.1. The third-order valence-electron chi connectivity index (χ3n) is 5.65. The van der Waals surface area contributed by atoms with Gasteiger partial charge < -0.3 is 15.1 Å². The van der Waals surface area contributed by atoms with Crippen LogP contribution in [0.2, 0.25) is 0 Å². The van der Waals surface area contributed by atoms with E-state index in [1.165, 1.54) is 11.6 Å². The minimum absolute atomic E-state index is 0.179. The number of carbonyl (C=O) groups is 2. The molecule has 0 saturated carbocycles. The fourth-order valence-electron chi connectivity index (χ4n) is 3.64. The zero-order valence-corrected chi connectivity index (χ0v) is 21.1. The molecule has 182 valence electrons. The van der Waals surface area contributed by atoms with E-state index in [9.17, 15) is 9.59 Å². The van der Waals surface area contributed by atoms with Gasteiger partial charge in [0.1, 0.15) is 5.58 Å². The minimum atomic E-state index is -0.330. The van der Waals surface area contributed by atoms with Crippen LogP contribution in [0, 0.1) is 6.92 Å². The molecule has 4 aromatic rings. The quantitative estimate of drug-likeness (QED) is 0.205. The Hall–Kier alpha value is -4.23. The molecule has 0 aliphatic heterocycles. The van der Waals surface area contributed by atoms with E-state index in [0.717, 1.165) is 16.5 Å². The summed E-state index contributed by atoms with van der Waals surface area (Å²) in [4.78, 5) is 24.9. The largest absolute Gasteiger partial charge is 0.451 e.